The zero-order valence-electron chi connectivity index (χ0n) is 36.9. The summed E-state index contributed by atoms with van der Waals surface area (Å²) in [6.45, 7) is 0. The van der Waals surface area contributed by atoms with Crippen LogP contribution in [0.4, 0.5) is 0 Å². The molecule has 5 heteroatoms. The number of hydrogen-bond donors (Lipinski definition) is 0. The number of fused-ring (bicyclic) bond motifs is 6. The summed E-state index contributed by atoms with van der Waals surface area (Å²) < 4.78 is 4.67. The fourth-order valence-electron chi connectivity index (χ4n) is 9.93. The number of nitrogens with zero attached hydrogens (tertiary/aromatic N) is 5. The molecule has 10 aromatic carbocycles. The van der Waals surface area contributed by atoms with Crippen molar-refractivity contribution in [2.45, 2.75) is 0 Å². The standard InChI is InChI=1S/C63H41N5/c1-5-18-42(19-6-1)45-32-34-47(35-33-45)61-64-62(50-27-17-26-48(38-50)43-20-7-2-8-21-43)66-63(65-61)68-57-31-16-14-29-52(57)55-40-54-51-28-13-15-30-56(51)67(59(54)41-60(55)68)58-37-36-49(44-22-9-3-10-23-44)39-53(58)46-24-11-4-12-25-46/h1-41H. The lowest BCUT2D eigenvalue weighted by atomic mass is 9.97. The molecule has 0 amide bonds. The number of para-hydroxylation sites is 2. The van der Waals surface area contributed by atoms with Gasteiger partial charge in [0, 0.05) is 38.2 Å². The lowest BCUT2D eigenvalue weighted by Crippen LogP contribution is -2.06. The van der Waals surface area contributed by atoms with E-state index in [1.807, 2.05) is 12.1 Å². The molecular formula is C63H41N5. The summed E-state index contributed by atoms with van der Waals surface area (Å²) in [7, 11) is 0. The van der Waals surface area contributed by atoms with Crippen molar-refractivity contribution in [3.05, 3.63) is 249 Å². The van der Waals surface area contributed by atoms with Crippen LogP contribution in [0.2, 0.25) is 0 Å². The quantitative estimate of drug-likeness (QED) is 0.153. The van der Waals surface area contributed by atoms with Crippen LogP contribution in [0.1, 0.15) is 0 Å². The minimum absolute atomic E-state index is 0.549. The zero-order valence-corrected chi connectivity index (χ0v) is 36.9. The molecule has 0 unspecified atom stereocenters. The van der Waals surface area contributed by atoms with Crippen LogP contribution in [0.3, 0.4) is 0 Å². The van der Waals surface area contributed by atoms with E-state index >= 15 is 0 Å². The lowest BCUT2D eigenvalue weighted by Gasteiger charge is -2.16. The van der Waals surface area contributed by atoms with E-state index in [4.69, 9.17) is 15.0 Å². The molecule has 0 aliphatic rings. The monoisotopic (exact) mass is 867 g/mol. The summed E-state index contributed by atoms with van der Waals surface area (Å²) in [6.07, 6.45) is 0. The first kappa shape index (κ1) is 39.2. The molecule has 0 radical (unpaired) electrons. The maximum atomic E-state index is 5.40. The zero-order chi connectivity index (χ0) is 45.0. The third-order valence-corrected chi connectivity index (χ3v) is 13.2. The summed E-state index contributed by atoms with van der Waals surface area (Å²) in [6, 6.07) is 88.3. The minimum atomic E-state index is 0.549. The van der Waals surface area contributed by atoms with Crippen LogP contribution in [-0.4, -0.2) is 24.1 Å². The normalized spacial score (nSPS) is 11.5. The van der Waals surface area contributed by atoms with Gasteiger partial charge in [0.25, 0.3) is 0 Å². The van der Waals surface area contributed by atoms with E-state index in [9.17, 15) is 0 Å². The number of hydrogen-bond acceptors (Lipinski definition) is 3. The molecule has 0 atom stereocenters. The van der Waals surface area contributed by atoms with Gasteiger partial charge in [-0.1, -0.05) is 206 Å². The Labute approximate surface area is 393 Å². The van der Waals surface area contributed by atoms with Gasteiger partial charge < -0.3 is 4.57 Å². The molecule has 5 nitrogen and oxygen atoms in total. The second kappa shape index (κ2) is 16.4. The minimum Gasteiger partial charge on any atom is -0.309 e. The number of rotatable bonds is 8. The fourth-order valence-corrected chi connectivity index (χ4v) is 9.93. The van der Waals surface area contributed by atoms with Gasteiger partial charge >= 0.3 is 0 Å². The van der Waals surface area contributed by atoms with Crippen molar-refractivity contribution in [2.75, 3.05) is 0 Å². The Balaban J connectivity index is 1.07. The van der Waals surface area contributed by atoms with Gasteiger partial charge in [-0.2, -0.15) is 9.97 Å². The highest BCUT2D eigenvalue weighted by Crippen LogP contribution is 2.42. The molecule has 0 fully saturated rings. The Morgan fingerprint density at radius 1 is 0.235 bits per heavy atom. The van der Waals surface area contributed by atoms with Crippen molar-refractivity contribution in [1.82, 2.24) is 24.1 Å². The molecule has 0 bridgehead atoms. The first-order valence-electron chi connectivity index (χ1n) is 23.0. The molecule has 0 saturated heterocycles. The Bertz CT molecular complexity index is 3990. The highest BCUT2D eigenvalue weighted by atomic mass is 15.2. The highest BCUT2D eigenvalue weighted by Gasteiger charge is 2.23. The molecule has 0 N–H and O–H groups in total. The van der Waals surface area contributed by atoms with Crippen molar-refractivity contribution in [3.63, 3.8) is 0 Å². The maximum Gasteiger partial charge on any atom is 0.238 e. The molecule has 0 aliphatic carbocycles. The summed E-state index contributed by atoms with van der Waals surface area (Å²) in [5.41, 5.74) is 16.3. The second-order valence-electron chi connectivity index (χ2n) is 17.2. The van der Waals surface area contributed by atoms with Crippen molar-refractivity contribution in [3.8, 4) is 78.9 Å². The first-order chi connectivity index (χ1) is 33.7. The molecule has 3 aromatic heterocycles. The summed E-state index contributed by atoms with van der Waals surface area (Å²) >= 11 is 0. The van der Waals surface area contributed by atoms with Gasteiger partial charge in [0.05, 0.1) is 27.8 Å². The third kappa shape index (κ3) is 6.76. The van der Waals surface area contributed by atoms with Crippen LogP contribution in [0.25, 0.3) is 123 Å². The maximum absolute atomic E-state index is 5.40. The molecule has 318 valence electrons. The van der Waals surface area contributed by atoms with E-state index in [2.05, 4.69) is 246 Å². The molecule has 0 spiro atoms. The molecule has 13 rings (SSSR count). The first-order valence-corrected chi connectivity index (χ1v) is 23.0. The van der Waals surface area contributed by atoms with E-state index in [0.717, 1.165) is 83.0 Å². The number of aromatic nitrogens is 5. The summed E-state index contributed by atoms with van der Waals surface area (Å²) in [5, 5.41) is 4.62. The van der Waals surface area contributed by atoms with Crippen molar-refractivity contribution >= 4 is 43.6 Å². The molecule has 3 heterocycles. The largest absolute Gasteiger partial charge is 0.309 e. The highest BCUT2D eigenvalue weighted by molar-refractivity contribution is 6.19. The van der Waals surface area contributed by atoms with Gasteiger partial charge in [-0.15, -0.1) is 0 Å². The van der Waals surface area contributed by atoms with Gasteiger partial charge in [0.15, 0.2) is 11.6 Å². The molecule has 68 heavy (non-hydrogen) atoms. The molecule has 13 aromatic rings. The van der Waals surface area contributed by atoms with Crippen LogP contribution < -0.4 is 0 Å². The van der Waals surface area contributed by atoms with E-state index in [-0.39, 0.29) is 0 Å². The molecular weight excluding hydrogens is 827 g/mol. The van der Waals surface area contributed by atoms with Crippen LogP contribution in [0.5, 0.6) is 0 Å². The summed E-state index contributed by atoms with van der Waals surface area (Å²) in [5.74, 6) is 1.75. The van der Waals surface area contributed by atoms with E-state index in [1.54, 1.807) is 0 Å². The predicted molar refractivity (Wildman–Crippen MR) is 281 cm³/mol. The van der Waals surface area contributed by atoms with Gasteiger partial charge in [-0.3, -0.25) is 4.57 Å². The van der Waals surface area contributed by atoms with Crippen molar-refractivity contribution in [2.24, 2.45) is 0 Å². The Kier molecular flexibility index (Phi) is 9.43. The van der Waals surface area contributed by atoms with Gasteiger partial charge in [-0.25, -0.2) is 4.98 Å². The Morgan fingerprint density at radius 3 is 1.28 bits per heavy atom. The van der Waals surface area contributed by atoms with Gasteiger partial charge in [0.2, 0.25) is 5.95 Å². The predicted octanol–water partition coefficient (Wildman–Crippen LogP) is 16.1. The smallest absolute Gasteiger partial charge is 0.238 e. The molecule has 0 aliphatic heterocycles. The van der Waals surface area contributed by atoms with Crippen LogP contribution in [-0.2, 0) is 0 Å². The summed E-state index contributed by atoms with van der Waals surface area (Å²) in [4.78, 5) is 16.0. The van der Waals surface area contributed by atoms with E-state index in [1.165, 1.54) is 21.9 Å². The second-order valence-corrected chi connectivity index (χ2v) is 17.2. The Hall–Kier alpha value is -9.19. The molecule has 0 saturated carbocycles. The van der Waals surface area contributed by atoms with Crippen LogP contribution in [0.15, 0.2) is 249 Å². The van der Waals surface area contributed by atoms with Gasteiger partial charge in [-0.05, 0) is 81.4 Å². The van der Waals surface area contributed by atoms with Crippen molar-refractivity contribution in [1.29, 1.82) is 0 Å². The topological polar surface area (TPSA) is 48.5 Å². The average molecular weight is 868 g/mol. The van der Waals surface area contributed by atoms with Crippen molar-refractivity contribution < 1.29 is 0 Å². The van der Waals surface area contributed by atoms with Crippen LogP contribution in [0, 0.1) is 0 Å². The lowest BCUT2D eigenvalue weighted by molar-refractivity contribution is 0.953. The SMILES string of the molecule is c1ccc(-c2ccc(-c3nc(-c4cccc(-c5ccccc5)c4)nc(-n4c5ccccc5c5cc6c7ccccc7n(-c7ccc(-c8ccccc8)cc7-c7ccccc7)c6cc54)n3)cc2)cc1. The fraction of sp³-hybridized carbons (Fsp3) is 0. The number of benzene rings is 10. The Morgan fingerprint density at radius 2 is 0.662 bits per heavy atom. The third-order valence-electron chi connectivity index (χ3n) is 13.2. The van der Waals surface area contributed by atoms with E-state index in [0.29, 0.717) is 17.6 Å². The van der Waals surface area contributed by atoms with Gasteiger partial charge in [0.1, 0.15) is 0 Å². The average Bonchev–Trinajstić information content (AvgIpc) is 3.92. The van der Waals surface area contributed by atoms with E-state index < -0.39 is 0 Å². The van der Waals surface area contributed by atoms with Crippen LogP contribution >= 0.6 is 0 Å².